The first kappa shape index (κ1) is 19.1. The van der Waals surface area contributed by atoms with Crippen LogP contribution < -0.4 is 10.3 Å². The number of aromatic carboxylic acids is 1. The molecule has 0 radical (unpaired) electrons. The first-order valence-electron chi connectivity index (χ1n) is 7.04. The molecule has 0 saturated carbocycles. The molecule has 0 fully saturated rings. The normalized spacial score (nSPS) is 11.2. The van der Waals surface area contributed by atoms with Crippen molar-refractivity contribution < 1.29 is 23.1 Å². The fraction of sp³-hybridized carbons (Fsp3) is 0.125. The van der Waals surface area contributed by atoms with Gasteiger partial charge in [-0.25, -0.2) is 13.2 Å². The maximum Gasteiger partial charge on any atom is 0.335 e. The molecule has 0 saturated heterocycles. The van der Waals surface area contributed by atoms with Crippen LogP contribution in [0.2, 0.25) is 0 Å². The lowest BCUT2D eigenvalue weighted by Gasteiger charge is -2.13. The van der Waals surface area contributed by atoms with Crippen LogP contribution >= 0.6 is 15.9 Å². The summed E-state index contributed by atoms with van der Waals surface area (Å²) in [6.07, 6.45) is 0. The van der Waals surface area contributed by atoms with Crippen LogP contribution in [0.15, 0.2) is 45.8 Å². The predicted molar refractivity (Wildman–Crippen MR) is 94.8 cm³/mol. The van der Waals surface area contributed by atoms with E-state index in [9.17, 15) is 18.0 Å². The molecular formula is C16H15BrN2O5S. The van der Waals surface area contributed by atoms with E-state index in [1.54, 1.807) is 32.0 Å². The highest BCUT2D eigenvalue weighted by Crippen LogP contribution is 2.21. The number of benzene rings is 2. The van der Waals surface area contributed by atoms with Gasteiger partial charge in [-0.2, -0.15) is 0 Å². The molecule has 0 atom stereocenters. The van der Waals surface area contributed by atoms with E-state index >= 15 is 0 Å². The van der Waals surface area contributed by atoms with Crippen molar-refractivity contribution in [2.75, 3.05) is 0 Å². The molecule has 0 bridgehead atoms. The molecule has 3 N–H and O–H groups in total. The van der Waals surface area contributed by atoms with Crippen LogP contribution in [0.1, 0.15) is 31.8 Å². The summed E-state index contributed by atoms with van der Waals surface area (Å²) in [4.78, 5) is 25.0. The average molecular weight is 427 g/mol. The molecular weight excluding hydrogens is 412 g/mol. The highest BCUT2D eigenvalue weighted by molar-refractivity contribution is 9.10. The van der Waals surface area contributed by atoms with Crippen LogP contribution in [0.5, 0.6) is 0 Å². The second-order valence-electron chi connectivity index (χ2n) is 5.26. The summed E-state index contributed by atoms with van der Waals surface area (Å²) < 4.78 is 25.4. The molecule has 25 heavy (non-hydrogen) atoms. The van der Waals surface area contributed by atoms with E-state index in [0.717, 1.165) is 6.07 Å². The smallest absolute Gasteiger partial charge is 0.335 e. The first-order chi connectivity index (χ1) is 11.6. The van der Waals surface area contributed by atoms with Gasteiger partial charge in [0.15, 0.2) is 0 Å². The number of amides is 1. The van der Waals surface area contributed by atoms with Gasteiger partial charge in [0.25, 0.3) is 15.9 Å². The molecule has 0 spiro atoms. The van der Waals surface area contributed by atoms with E-state index in [-0.39, 0.29) is 16.0 Å². The maximum atomic E-state index is 12.5. The zero-order valence-electron chi connectivity index (χ0n) is 13.3. The lowest BCUT2D eigenvalue weighted by atomic mass is 10.1. The summed E-state index contributed by atoms with van der Waals surface area (Å²) in [6, 6.07) is 8.96. The van der Waals surface area contributed by atoms with Gasteiger partial charge in [-0.3, -0.25) is 10.2 Å². The summed E-state index contributed by atoms with van der Waals surface area (Å²) in [5, 5.41) is 9.10. The standard InChI is InChI=1S/C16H15BrN2O5S/c1-9-7-11(16(21)22)8-14(10(9)2)25(23,24)19-18-15(20)12-5-3-4-6-13(12)17/h3-8,19H,1-2H3,(H,18,20)(H,21,22). The van der Waals surface area contributed by atoms with Crippen LogP contribution in [0.3, 0.4) is 0 Å². The number of carboxylic acids is 1. The van der Waals surface area contributed by atoms with Gasteiger partial charge < -0.3 is 5.11 Å². The number of halogens is 1. The topological polar surface area (TPSA) is 113 Å². The van der Waals surface area contributed by atoms with Crippen molar-refractivity contribution in [3.8, 4) is 0 Å². The van der Waals surface area contributed by atoms with Crippen LogP contribution in [-0.4, -0.2) is 25.4 Å². The lowest BCUT2D eigenvalue weighted by molar-refractivity contribution is 0.0696. The Morgan fingerprint density at radius 3 is 2.36 bits per heavy atom. The highest BCUT2D eigenvalue weighted by Gasteiger charge is 2.22. The van der Waals surface area contributed by atoms with Crippen molar-refractivity contribution in [1.82, 2.24) is 10.3 Å². The number of hydrogen-bond acceptors (Lipinski definition) is 4. The van der Waals surface area contributed by atoms with Crippen molar-refractivity contribution in [1.29, 1.82) is 0 Å². The molecule has 0 heterocycles. The Balaban J connectivity index is 2.30. The Hall–Kier alpha value is -2.23. The molecule has 0 aliphatic heterocycles. The second kappa shape index (κ2) is 7.34. The van der Waals surface area contributed by atoms with Gasteiger partial charge in [0.2, 0.25) is 0 Å². The van der Waals surface area contributed by atoms with Gasteiger partial charge in [-0.05, 0) is 65.2 Å². The van der Waals surface area contributed by atoms with Crippen LogP contribution in [0.25, 0.3) is 0 Å². The van der Waals surface area contributed by atoms with Crippen LogP contribution in [0.4, 0.5) is 0 Å². The Labute approximate surface area is 153 Å². The monoisotopic (exact) mass is 426 g/mol. The Bertz CT molecular complexity index is 957. The third-order valence-electron chi connectivity index (χ3n) is 3.57. The first-order valence-corrected chi connectivity index (χ1v) is 9.32. The molecule has 9 heteroatoms. The molecule has 2 aromatic carbocycles. The number of carboxylic acid groups (broad SMARTS) is 1. The SMILES string of the molecule is Cc1cc(C(=O)O)cc(S(=O)(=O)NNC(=O)c2ccccc2Br)c1C. The van der Waals surface area contributed by atoms with Crippen molar-refractivity contribution in [2.45, 2.75) is 18.7 Å². The molecule has 2 rings (SSSR count). The number of rotatable bonds is 5. The van der Waals surface area contributed by atoms with E-state index in [1.807, 2.05) is 4.83 Å². The summed E-state index contributed by atoms with van der Waals surface area (Å²) >= 11 is 3.21. The lowest BCUT2D eigenvalue weighted by Crippen LogP contribution is -2.42. The molecule has 1 amide bonds. The minimum absolute atomic E-state index is 0.152. The van der Waals surface area contributed by atoms with E-state index in [0.29, 0.717) is 15.6 Å². The summed E-state index contributed by atoms with van der Waals surface area (Å²) in [5.74, 6) is -1.89. The largest absolute Gasteiger partial charge is 0.478 e. The predicted octanol–water partition coefficient (Wildman–Crippen LogP) is 2.39. The van der Waals surface area contributed by atoms with Gasteiger partial charge in [0, 0.05) is 4.47 Å². The van der Waals surface area contributed by atoms with Gasteiger partial charge in [0.1, 0.15) is 0 Å². The van der Waals surface area contributed by atoms with Crippen LogP contribution in [0, 0.1) is 13.8 Å². The van der Waals surface area contributed by atoms with E-state index in [4.69, 9.17) is 5.11 Å². The molecule has 2 aromatic rings. The minimum Gasteiger partial charge on any atom is -0.478 e. The summed E-state index contributed by atoms with van der Waals surface area (Å²) in [5.41, 5.74) is 3.12. The van der Waals surface area contributed by atoms with Gasteiger partial charge in [-0.1, -0.05) is 12.1 Å². The van der Waals surface area contributed by atoms with Crippen molar-refractivity contribution in [3.05, 3.63) is 63.1 Å². The van der Waals surface area contributed by atoms with E-state index in [1.165, 1.54) is 12.1 Å². The number of carbonyl (C=O) groups is 2. The second-order valence-corrected chi connectivity index (χ2v) is 7.77. The summed E-state index contributed by atoms with van der Waals surface area (Å²) in [7, 11) is -4.15. The number of hydrogen-bond donors (Lipinski definition) is 3. The molecule has 132 valence electrons. The highest BCUT2D eigenvalue weighted by atomic mass is 79.9. The quantitative estimate of drug-likeness (QED) is 0.635. The Kier molecular flexibility index (Phi) is 5.61. The van der Waals surface area contributed by atoms with Crippen molar-refractivity contribution >= 4 is 37.8 Å². The average Bonchev–Trinajstić information content (AvgIpc) is 2.55. The van der Waals surface area contributed by atoms with Crippen molar-refractivity contribution in [2.24, 2.45) is 0 Å². The minimum atomic E-state index is -4.15. The molecule has 0 unspecified atom stereocenters. The third kappa shape index (κ3) is 4.25. The Morgan fingerprint density at radius 2 is 1.76 bits per heavy atom. The maximum absolute atomic E-state index is 12.5. The fourth-order valence-corrected chi connectivity index (χ4v) is 3.76. The number of hydrazine groups is 1. The number of carbonyl (C=O) groups excluding carboxylic acids is 1. The van der Waals surface area contributed by atoms with Crippen molar-refractivity contribution in [3.63, 3.8) is 0 Å². The van der Waals surface area contributed by atoms with Gasteiger partial charge >= 0.3 is 5.97 Å². The number of aryl methyl sites for hydroxylation is 1. The summed E-state index contributed by atoms with van der Waals surface area (Å²) in [6.45, 7) is 3.17. The van der Waals surface area contributed by atoms with Crippen LogP contribution in [-0.2, 0) is 10.0 Å². The fourth-order valence-electron chi connectivity index (χ4n) is 2.11. The molecule has 0 aromatic heterocycles. The van der Waals surface area contributed by atoms with E-state index < -0.39 is 21.9 Å². The Morgan fingerprint density at radius 1 is 1.12 bits per heavy atom. The zero-order valence-corrected chi connectivity index (χ0v) is 15.7. The van der Waals surface area contributed by atoms with Gasteiger partial charge in [0.05, 0.1) is 16.0 Å². The molecule has 0 aliphatic carbocycles. The number of nitrogens with one attached hydrogen (secondary N) is 2. The van der Waals surface area contributed by atoms with Gasteiger partial charge in [-0.15, -0.1) is 4.83 Å². The van der Waals surface area contributed by atoms with E-state index in [2.05, 4.69) is 21.4 Å². The zero-order chi connectivity index (χ0) is 18.8. The molecule has 0 aliphatic rings. The third-order valence-corrected chi connectivity index (χ3v) is 5.64. The molecule has 7 nitrogen and oxygen atoms in total. The number of sulfonamides is 1.